The van der Waals surface area contributed by atoms with Crippen LogP contribution in [-0.2, 0) is 16.0 Å². The van der Waals surface area contributed by atoms with E-state index in [1.807, 2.05) is 11.0 Å². The van der Waals surface area contributed by atoms with Gasteiger partial charge in [-0.2, -0.15) is 0 Å². The molecular weight excluding hydrogens is 338 g/mol. The molecule has 1 aromatic carbocycles. The van der Waals surface area contributed by atoms with Gasteiger partial charge in [0.15, 0.2) is 0 Å². The summed E-state index contributed by atoms with van der Waals surface area (Å²) in [5.74, 6) is 0.872. The van der Waals surface area contributed by atoms with Gasteiger partial charge < -0.3 is 9.80 Å². The molecule has 2 amide bonds. The van der Waals surface area contributed by atoms with Gasteiger partial charge in [-0.3, -0.25) is 14.5 Å². The molecule has 2 fully saturated rings. The maximum Gasteiger partial charge on any atom is 0.228 e. The summed E-state index contributed by atoms with van der Waals surface area (Å²) in [6.45, 7) is 5.04. The maximum atomic E-state index is 12.8. The van der Waals surface area contributed by atoms with Crippen molar-refractivity contribution in [3.05, 3.63) is 29.8 Å². The Hall–Kier alpha value is -1.88. The number of hydrogen-bond donors (Lipinski definition) is 0. The van der Waals surface area contributed by atoms with E-state index in [2.05, 4.69) is 28.0 Å². The van der Waals surface area contributed by atoms with Crippen LogP contribution in [0.25, 0.3) is 0 Å². The minimum absolute atomic E-state index is 0.228. The van der Waals surface area contributed by atoms with Crippen molar-refractivity contribution in [2.24, 2.45) is 5.92 Å². The third kappa shape index (κ3) is 4.18. The van der Waals surface area contributed by atoms with E-state index in [1.54, 1.807) is 0 Å². The topological polar surface area (TPSA) is 43.9 Å². The highest BCUT2D eigenvalue weighted by Crippen LogP contribution is 2.28. The number of para-hydroxylation sites is 1. The predicted octanol–water partition coefficient (Wildman–Crippen LogP) is 2.69. The molecule has 5 nitrogen and oxygen atoms in total. The zero-order chi connectivity index (χ0) is 18.6. The van der Waals surface area contributed by atoms with Gasteiger partial charge in [0.1, 0.15) is 0 Å². The van der Waals surface area contributed by atoms with Gasteiger partial charge in [-0.15, -0.1) is 0 Å². The summed E-state index contributed by atoms with van der Waals surface area (Å²) in [6, 6.07) is 8.28. The lowest BCUT2D eigenvalue weighted by Gasteiger charge is -2.36. The number of benzene rings is 1. The van der Waals surface area contributed by atoms with Crippen molar-refractivity contribution < 1.29 is 9.59 Å². The summed E-state index contributed by atoms with van der Waals surface area (Å²) in [7, 11) is 0. The second-order valence-electron chi connectivity index (χ2n) is 8.18. The highest BCUT2D eigenvalue weighted by Gasteiger charge is 2.29. The zero-order valence-electron chi connectivity index (χ0n) is 16.2. The molecule has 0 unspecified atom stereocenters. The maximum absolute atomic E-state index is 12.8. The third-order valence-electron chi connectivity index (χ3n) is 6.44. The second-order valence-corrected chi connectivity index (χ2v) is 8.18. The number of nitrogens with zero attached hydrogens (tertiary/aromatic N) is 3. The standard InChI is InChI=1S/C22H31N3O2/c26-21(25-12-5-9-18-6-3-4-10-20(18)25)11-13-23-14-16-24(17-15-23)22(27)19-7-1-2-8-19/h3-4,6,10,19H,1-2,5,7-9,11-17H2. The van der Waals surface area contributed by atoms with Crippen LogP contribution in [0.5, 0.6) is 0 Å². The van der Waals surface area contributed by atoms with Gasteiger partial charge >= 0.3 is 0 Å². The van der Waals surface area contributed by atoms with Crippen molar-refractivity contribution in [3.63, 3.8) is 0 Å². The molecule has 1 saturated carbocycles. The Balaban J connectivity index is 1.24. The van der Waals surface area contributed by atoms with Gasteiger partial charge in [0.25, 0.3) is 0 Å². The zero-order valence-corrected chi connectivity index (χ0v) is 16.2. The molecule has 1 aromatic rings. The van der Waals surface area contributed by atoms with Gasteiger partial charge in [0, 0.05) is 57.3 Å². The summed E-state index contributed by atoms with van der Waals surface area (Å²) in [4.78, 5) is 31.7. The molecule has 2 aliphatic heterocycles. The second kappa shape index (κ2) is 8.42. The Kier molecular flexibility index (Phi) is 5.77. The van der Waals surface area contributed by atoms with E-state index >= 15 is 0 Å². The van der Waals surface area contributed by atoms with Crippen LogP contribution in [0, 0.1) is 5.92 Å². The van der Waals surface area contributed by atoms with E-state index in [0.717, 1.165) is 70.6 Å². The molecule has 0 N–H and O–H groups in total. The van der Waals surface area contributed by atoms with Crippen molar-refractivity contribution >= 4 is 17.5 Å². The largest absolute Gasteiger partial charge is 0.340 e. The first-order valence-electron chi connectivity index (χ1n) is 10.6. The molecule has 3 aliphatic rings. The number of piperazine rings is 1. The molecule has 0 atom stereocenters. The highest BCUT2D eigenvalue weighted by molar-refractivity contribution is 5.94. The summed E-state index contributed by atoms with van der Waals surface area (Å²) in [5, 5.41) is 0. The number of rotatable bonds is 4. The van der Waals surface area contributed by atoms with E-state index in [0.29, 0.717) is 12.3 Å². The Morgan fingerprint density at radius 3 is 2.44 bits per heavy atom. The summed E-state index contributed by atoms with van der Waals surface area (Å²) in [5.41, 5.74) is 2.39. The molecule has 5 heteroatoms. The molecule has 0 spiro atoms. The fraction of sp³-hybridized carbons (Fsp3) is 0.636. The average Bonchev–Trinajstić information content (AvgIpc) is 3.26. The monoisotopic (exact) mass is 369 g/mol. The van der Waals surface area contributed by atoms with Crippen LogP contribution in [-0.4, -0.2) is 60.9 Å². The van der Waals surface area contributed by atoms with Crippen LogP contribution >= 0.6 is 0 Å². The summed E-state index contributed by atoms with van der Waals surface area (Å²) >= 11 is 0. The quantitative estimate of drug-likeness (QED) is 0.820. The molecule has 0 aromatic heterocycles. The van der Waals surface area contributed by atoms with E-state index in [1.165, 1.54) is 18.4 Å². The Labute approximate surface area is 162 Å². The van der Waals surface area contributed by atoms with Gasteiger partial charge in [0.2, 0.25) is 11.8 Å². The van der Waals surface area contributed by atoms with Crippen molar-refractivity contribution in [1.29, 1.82) is 0 Å². The number of anilines is 1. The predicted molar refractivity (Wildman–Crippen MR) is 107 cm³/mol. The average molecular weight is 370 g/mol. The van der Waals surface area contributed by atoms with E-state index in [-0.39, 0.29) is 11.8 Å². The lowest BCUT2D eigenvalue weighted by Crippen LogP contribution is -2.50. The van der Waals surface area contributed by atoms with Crippen molar-refractivity contribution in [1.82, 2.24) is 9.80 Å². The number of aryl methyl sites for hydroxylation is 1. The van der Waals surface area contributed by atoms with Crippen LogP contribution in [0.15, 0.2) is 24.3 Å². The molecule has 1 saturated heterocycles. The van der Waals surface area contributed by atoms with Gasteiger partial charge in [0.05, 0.1) is 0 Å². The Morgan fingerprint density at radius 2 is 1.67 bits per heavy atom. The van der Waals surface area contributed by atoms with Crippen molar-refractivity contribution in [2.45, 2.75) is 44.9 Å². The molecule has 0 bridgehead atoms. The Morgan fingerprint density at radius 1 is 0.926 bits per heavy atom. The Bertz CT molecular complexity index is 676. The molecule has 0 radical (unpaired) electrons. The SMILES string of the molecule is O=C(C1CCCC1)N1CCN(CCC(=O)N2CCCc3ccccc32)CC1. The number of amides is 2. The number of carbonyl (C=O) groups excluding carboxylic acids is 2. The smallest absolute Gasteiger partial charge is 0.228 e. The molecular formula is C22H31N3O2. The minimum atomic E-state index is 0.228. The van der Waals surface area contributed by atoms with Crippen LogP contribution in [0.3, 0.4) is 0 Å². The van der Waals surface area contributed by atoms with Gasteiger partial charge in [-0.05, 0) is 37.3 Å². The molecule has 146 valence electrons. The highest BCUT2D eigenvalue weighted by atomic mass is 16.2. The van der Waals surface area contributed by atoms with Crippen LogP contribution in [0.1, 0.15) is 44.1 Å². The molecule has 2 heterocycles. The molecule has 1 aliphatic carbocycles. The third-order valence-corrected chi connectivity index (χ3v) is 6.44. The lowest BCUT2D eigenvalue weighted by atomic mass is 10.0. The number of hydrogen-bond acceptors (Lipinski definition) is 3. The van der Waals surface area contributed by atoms with Crippen molar-refractivity contribution in [2.75, 3.05) is 44.2 Å². The van der Waals surface area contributed by atoms with E-state index < -0.39 is 0 Å². The van der Waals surface area contributed by atoms with Crippen LogP contribution in [0.4, 0.5) is 5.69 Å². The lowest BCUT2D eigenvalue weighted by molar-refractivity contribution is -0.137. The minimum Gasteiger partial charge on any atom is -0.340 e. The summed E-state index contributed by atoms with van der Waals surface area (Å²) < 4.78 is 0. The van der Waals surface area contributed by atoms with Crippen molar-refractivity contribution in [3.8, 4) is 0 Å². The summed E-state index contributed by atoms with van der Waals surface area (Å²) in [6.07, 6.45) is 7.23. The fourth-order valence-corrected chi connectivity index (χ4v) is 4.80. The first-order chi connectivity index (χ1) is 13.2. The van der Waals surface area contributed by atoms with Gasteiger partial charge in [-0.25, -0.2) is 0 Å². The molecule has 27 heavy (non-hydrogen) atoms. The molecule has 4 rings (SSSR count). The van der Waals surface area contributed by atoms with E-state index in [9.17, 15) is 9.59 Å². The number of fused-ring (bicyclic) bond motifs is 1. The van der Waals surface area contributed by atoms with Gasteiger partial charge in [-0.1, -0.05) is 31.0 Å². The normalized spacial score (nSPS) is 21.3. The van der Waals surface area contributed by atoms with Crippen LogP contribution < -0.4 is 4.90 Å². The first kappa shape index (κ1) is 18.5. The van der Waals surface area contributed by atoms with E-state index in [4.69, 9.17) is 0 Å². The van der Waals surface area contributed by atoms with Crippen LogP contribution in [0.2, 0.25) is 0 Å². The number of carbonyl (C=O) groups is 2. The first-order valence-corrected chi connectivity index (χ1v) is 10.6. The fourth-order valence-electron chi connectivity index (χ4n) is 4.80.